The number of benzene rings is 2. The highest BCUT2D eigenvalue weighted by Crippen LogP contribution is 2.32. The molecule has 0 spiro atoms. The number of esters is 1. The Morgan fingerprint density at radius 1 is 0.914 bits per heavy atom. The molecule has 3 rings (SSSR count). The third kappa shape index (κ3) is 7.57. The molecule has 3 aromatic rings. The van der Waals surface area contributed by atoms with Crippen LogP contribution in [0.4, 0.5) is 0 Å². The van der Waals surface area contributed by atoms with Gasteiger partial charge in [-0.2, -0.15) is 0 Å². The number of ether oxygens (including phenoxy) is 1. The first kappa shape index (κ1) is 25.7. The van der Waals surface area contributed by atoms with Gasteiger partial charge in [0, 0.05) is 6.42 Å². The van der Waals surface area contributed by atoms with Crippen molar-refractivity contribution in [1.82, 2.24) is 5.32 Å². The molecule has 2 aromatic carbocycles. The predicted octanol–water partition coefficient (Wildman–Crippen LogP) is 5.15. The molecule has 1 unspecified atom stereocenters. The van der Waals surface area contributed by atoms with Crippen LogP contribution in [0.1, 0.15) is 73.4 Å². The van der Waals surface area contributed by atoms with Crippen LogP contribution in [0.5, 0.6) is 0 Å². The summed E-state index contributed by atoms with van der Waals surface area (Å²) in [5, 5.41) is 12.1. The Morgan fingerprint density at radius 3 is 2.00 bits per heavy atom. The number of furan rings is 1. The van der Waals surface area contributed by atoms with Crippen LogP contribution in [0.2, 0.25) is 0 Å². The first-order valence-corrected chi connectivity index (χ1v) is 11.6. The van der Waals surface area contributed by atoms with Crippen LogP contribution >= 0.6 is 0 Å². The van der Waals surface area contributed by atoms with Crippen molar-refractivity contribution in [3.05, 3.63) is 95.4 Å². The molecule has 0 aliphatic heterocycles. The predicted molar refractivity (Wildman–Crippen MR) is 131 cm³/mol. The summed E-state index contributed by atoms with van der Waals surface area (Å²) in [7, 11) is 0. The van der Waals surface area contributed by atoms with Gasteiger partial charge in [0.1, 0.15) is 17.4 Å². The Morgan fingerprint density at radius 2 is 1.49 bits per heavy atom. The van der Waals surface area contributed by atoms with Crippen molar-refractivity contribution in [1.29, 1.82) is 0 Å². The van der Waals surface area contributed by atoms with E-state index in [1.54, 1.807) is 32.9 Å². The van der Waals surface area contributed by atoms with Gasteiger partial charge in [-0.25, -0.2) is 4.79 Å². The van der Waals surface area contributed by atoms with Crippen LogP contribution in [0, 0.1) is 0 Å². The fourth-order valence-electron chi connectivity index (χ4n) is 3.77. The third-order valence-electron chi connectivity index (χ3n) is 5.30. The molecular formula is C28H31NO6. The molecule has 1 aromatic heterocycles. The average Bonchev–Trinajstić information content (AvgIpc) is 3.28. The minimum absolute atomic E-state index is 0.0234. The monoisotopic (exact) mass is 477 g/mol. The lowest BCUT2D eigenvalue weighted by molar-refractivity contribution is -0.155. The van der Waals surface area contributed by atoms with Crippen molar-refractivity contribution < 1.29 is 28.6 Å². The molecule has 35 heavy (non-hydrogen) atoms. The normalized spacial score (nSPS) is 12.2. The van der Waals surface area contributed by atoms with Gasteiger partial charge in [-0.1, -0.05) is 60.7 Å². The van der Waals surface area contributed by atoms with E-state index in [-0.39, 0.29) is 30.9 Å². The number of carbonyl (C=O) groups is 3. The van der Waals surface area contributed by atoms with E-state index in [0.717, 1.165) is 11.1 Å². The minimum atomic E-state index is -1.18. The fraction of sp³-hybridized carbons (Fsp3) is 0.321. The number of hydrogen-bond donors (Lipinski definition) is 2. The van der Waals surface area contributed by atoms with Crippen molar-refractivity contribution in [2.45, 2.75) is 57.6 Å². The van der Waals surface area contributed by atoms with Crippen molar-refractivity contribution in [2.75, 3.05) is 0 Å². The molecule has 1 amide bonds. The Labute approximate surface area is 205 Å². The lowest BCUT2D eigenvalue weighted by Crippen LogP contribution is -2.40. The van der Waals surface area contributed by atoms with Gasteiger partial charge in [-0.05, 0) is 56.9 Å². The van der Waals surface area contributed by atoms with E-state index in [1.165, 1.54) is 0 Å². The summed E-state index contributed by atoms with van der Waals surface area (Å²) in [5.41, 5.74) is 1.40. The molecule has 2 N–H and O–H groups in total. The molecular weight excluding hydrogens is 446 g/mol. The van der Waals surface area contributed by atoms with Crippen LogP contribution in [-0.4, -0.2) is 34.6 Å². The van der Waals surface area contributed by atoms with Gasteiger partial charge < -0.3 is 19.6 Å². The van der Waals surface area contributed by atoms with Gasteiger partial charge >= 0.3 is 11.9 Å². The second-order valence-electron chi connectivity index (χ2n) is 9.30. The lowest BCUT2D eigenvalue weighted by atomic mass is 9.89. The summed E-state index contributed by atoms with van der Waals surface area (Å²) in [4.78, 5) is 36.4. The molecule has 1 heterocycles. The van der Waals surface area contributed by atoms with E-state index in [0.29, 0.717) is 5.76 Å². The Kier molecular flexibility index (Phi) is 8.47. The zero-order valence-corrected chi connectivity index (χ0v) is 20.2. The first-order valence-electron chi connectivity index (χ1n) is 11.6. The zero-order chi connectivity index (χ0) is 25.4. The van der Waals surface area contributed by atoms with Crippen molar-refractivity contribution in [2.24, 2.45) is 0 Å². The number of amides is 1. The molecule has 0 aliphatic carbocycles. The van der Waals surface area contributed by atoms with Crippen molar-refractivity contribution >= 4 is 17.8 Å². The summed E-state index contributed by atoms with van der Waals surface area (Å²) in [6.07, 6.45) is 0.418. The quantitative estimate of drug-likeness (QED) is 0.391. The summed E-state index contributed by atoms with van der Waals surface area (Å²) in [5.74, 6) is -1.83. The SMILES string of the molecule is CC(C)(C)OC(=O)CCCC(NC(=O)c1ccc(C(c2ccccc2)c2ccccc2)o1)C(=O)O. The number of hydrogen-bond acceptors (Lipinski definition) is 5. The van der Waals surface area contributed by atoms with Crippen molar-refractivity contribution in [3.63, 3.8) is 0 Å². The summed E-state index contributed by atoms with van der Waals surface area (Å²) < 4.78 is 11.2. The van der Waals surface area contributed by atoms with Crippen molar-refractivity contribution in [3.8, 4) is 0 Å². The van der Waals surface area contributed by atoms with Gasteiger partial charge in [-0.3, -0.25) is 9.59 Å². The molecule has 7 nitrogen and oxygen atoms in total. The van der Waals surface area contributed by atoms with Crippen LogP contribution < -0.4 is 5.32 Å². The maximum absolute atomic E-state index is 12.8. The van der Waals surface area contributed by atoms with Gasteiger partial charge in [0.15, 0.2) is 5.76 Å². The molecule has 0 aliphatic rings. The molecule has 184 valence electrons. The maximum Gasteiger partial charge on any atom is 0.326 e. The highest BCUT2D eigenvalue weighted by atomic mass is 16.6. The molecule has 7 heteroatoms. The molecule has 0 fully saturated rings. The highest BCUT2D eigenvalue weighted by molar-refractivity contribution is 5.94. The Balaban J connectivity index is 1.70. The molecule has 0 saturated carbocycles. The molecule has 1 atom stereocenters. The highest BCUT2D eigenvalue weighted by Gasteiger charge is 2.25. The first-order chi connectivity index (χ1) is 16.6. The van der Waals surface area contributed by atoms with Gasteiger partial charge in [0.2, 0.25) is 0 Å². The Hall–Kier alpha value is -3.87. The summed E-state index contributed by atoms with van der Waals surface area (Å²) in [6, 6.07) is 21.7. The van der Waals surface area contributed by atoms with Gasteiger partial charge in [0.05, 0.1) is 5.92 Å². The zero-order valence-electron chi connectivity index (χ0n) is 20.2. The number of aliphatic carboxylic acids is 1. The van der Waals surface area contributed by atoms with Crippen LogP contribution in [0.3, 0.4) is 0 Å². The molecule has 0 radical (unpaired) electrons. The van der Waals surface area contributed by atoms with E-state index in [1.807, 2.05) is 60.7 Å². The smallest absolute Gasteiger partial charge is 0.326 e. The number of carboxylic acids is 1. The Bertz CT molecular complexity index is 1090. The number of carboxylic acid groups (broad SMARTS) is 1. The molecule has 0 bridgehead atoms. The van der Waals surface area contributed by atoms with E-state index in [4.69, 9.17) is 9.15 Å². The van der Waals surface area contributed by atoms with E-state index >= 15 is 0 Å². The third-order valence-corrected chi connectivity index (χ3v) is 5.30. The van der Waals surface area contributed by atoms with E-state index in [9.17, 15) is 19.5 Å². The largest absolute Gasteiger partial charge is 0.480 e. The number of carbonyl (C=O) groups excluding carboxylic acids is 2. The summed E-state index contributed by atoms with van der Waals surface area (Å²) in [6.45, 7) is 5.30. The molecule has 0 saturated heterocycles. The second-order valence-corrected chi connectivity index (χ2v) is 9.30. The van der Waals surface area contributed by atoms with Crippen LogP contribution in [-0.2, 0) is 14.3 Å². The van der Waals surface area contributed by atoms with Crippen LogP contribution in [0.25, 0.3) is 0 Å². The average molecular weight is 478 g/mol. The maximum atomic E-state index is 12.8. The second kappa shape index (κ2) is 11.5. The standard InChI is InChI=1S/C28H31NO6/c1-28(2,3)35-24(30)16-10-15-21(27(32)33)29-26(31)23-18-17-22(34-23)25(19-11-6-4-7-12-19)20-13-8-5-9-14-20/h4-9,11-14,17-18,21,25H,10,15-16H2,1-3H3,(H,29,31)(H,32,33). The number of nitrogens with one attached hydrogen (secondary N) is 1. The van der Waals surface area contributed by atoms with Gasteiger partial charge in [0.25, 0.3) is 5.91 Å². The fourth-order valence-corrected chi connectivity index (χ4v) is 3.77. The van der Waals surface area contributed by atoms with Gasteiger partial charge in [-0.15, -0.1) is 0 Å². The lowest BCUT2D eigenvalue weighted by Gasteiger charge is -2.20. The van der Waals surface area contributed by atoms with E-state index in [2.05, 4.69) is 5.32 Å². The summed E-state index contributed by atoms with van der Waals surface area (Å²) >= 11 is 0. The van der Waals surface area contributed by atoms with Crippen LogP contribution in [0.15, 0.2) is 77.2 Å². The minimum Gasteiger partial charge on any atom is -0.480 e. The topological polar surface area (TPSA) is 106 Å². The number of rotatable bonds is 10. The van der Waals surface area contributed by atoms with E-state index < -0.39 is 29.5 Å².